The van der Waals surface area contributed by atoms with Gasteiger partial charge >= 0.3 is 0 Å². The Kier molecular flexibility index (Phi) is 7.13. The zero-order chi connectivity index (χ0) is 13.2. The average molecular weight is 247 g/mol. The van der Waals surface area contributed by atoms with Crippen LogP contribution in [0.25, 0.3) is 0 Å². The lowest BCUT2D eigenvalue weighted by molar-refractivity contribution is 0.459. The summed E-state index contributed by atoms with van der Waals surface area (Å²) in [4.78, 5) is 0. The van der Waals surface area contributed by atoms with Crippen molar-refractivity contribution >= 4 is 0 Å². The highest BCUT2D eigenvalue weighted by molar-refractivity contribution is 5.18. The molecule has 98 valence electrons. The molecule has 1 atom stereocenters. The molecule has 0 aliphatic carbocycles. The molecule has 2 heteroatoms. The Morgan fingerprint density at radius 2 is 2.17 bits per heavy atom. The number of benzene rings is 1. The Bertz CT molecular complexity index is 381. The molecule has 1 aromatic carbocycles. The van der Waals surface area contributed by atoms with Gasteiger partial charge in [0.2, 0.25) is 0 Å². The number of halogens is 1. The van der Waals surface area contributed by atoms with Gasteiger partial charge in [0.25, 0.3) is 0 Å². The molecule has 0 bridgehead atoms. The molecule has 0 amide bonds. The van der Waals surface area contributed by atoms with E-state index in [0.29, 0.717) is 6.04 Å². The molecule has 1 unspecified atom stereocenters. The van der Waals surface area contributed by atoms with Crippen LogP contribution >= 0.6 is 0 Å². The van der Waals surface area contributed by atoms with E-state index in [9.17, 15) is 4.39 Å². The number of unbranched alkanes of at least 4 members (excludes halogenated alkanes) is 1. The van der Waals surface area contributed by atoms with Crippen molar-refractivity contribution in [1.82, 2.24) is 5.32 Å². The van der Waals surface area contributed by atoms with Crippen LogP contribution in [0.1, 0.15) is 38.2 Å². The first kappa shape index (κ1) is 14.7. The molecule has 0 aliphatic rings. The summed E-state index contributed by atoms with van der Waals surface area (Å²) in [5.41, 5.74) is 0.784. The van der Waals surface area contributed by atoms with Crippen molar-refractivity contribution in [2.75, 3.05) is 6.54 Å². The third-order valence-corrected chi connectivity index (χ3v) is 2.98. The van der Waals surface area contributed by atoms with Crippen molar-refractivity contribution in [1.29, 1.82) is 0 Å². The summed E-state index contributed by atoms with van der Waals surface area (Å²) in [5.74, 6) is 2.54. The third kappa shape index (κ3) is 5.33. The highest BCUT2D eigenvalue weighted by atomic mass is 19.1. The van der Waals surface area contributed by atoms with Crippen LogP contribution in [0.5, 0.6) is 0 Å². The summed E-state index contributed by atoms with van der Waals surface area (Å²) in [6.07, 6.45) is 9.86. The molecule has 0 radical (unpaired) electrons. The van der Waals surface area contributed by atoms with Gasteiger partial charge in [-0.1, -0.05) is 25.1 Å². The van der Waals surface area contributed by atoms with Crippen LogP contribution < -0.4 is 5.32 Å². The first-order valence-electron chi connectivity index (χ1n) is 6.68. The molecular weight excluding hydrogens is 225 g/mol. The first-order chi connectivity index (χ1) is 8.77. The molecule has 0 fully saturated rings. The van der Waals surface area contributed by atoms with Crippen LogP contribution in [-0.4, -0.2) is 12.6 Å². The molecule has 1 aromatic rings. The Balaban J connectivity index is 2.54. The van der Waals surface area contributed by atoms with E-state index >= 15 is 0 Å². The predicted molar refractivity (Wildman–Crippen MR) is 74.9 cm³/mol. The Morgan fingerprint density at radius 3 is 2.83 bits per heavy atom. The Labute approximate surface area is 110 Å². The normalized spacial score (nSPS) is 12.1. The second kappa shape index (κ2) is 8.72. The van der Waals surface area contributed by atoms with Gasteiger partial charge in [0.1, 0.15) is 5.82 Å². The number of hydrogen-bond donors (Lipinski definition) is 1. The molecule has 1 N–H and O–H groups in total. The van der Waals surface area contributed by atoms with Crippen molar-refractivity contribution in [2.45, 2.75) is 45.1 Å². The zero-order valence-corrected chi connectivity index (χ0v) is 11.1. The molecule has 0 saturated heterocycles. The summed E-state index contributed by atoms with van der Waals surface area (Å²) >= 11 is 0. The van der Waals surface area contributed by atoms with Gasteiger partial charge in [0.15, 0.2) is 0 Å². The van der Waals surface area contributed by atoms with E-state index < -0.39 is 0 Å². The minimum Gasteiger partial charge on any atom is -0.314 e. The fourth-order valence-corrected chi connectivity index (χ4v) is 2.00. The van der Waals surface area contributed by atoms with Crippen molar-refractivity contribution in [2.24, 2.45) is 0 Å². The topological polar surface area (TPSA) is 12.0 Å². The lowest BCUT2D eigenvalue weighted by Gasteiger charge is -2.18. The SMILES string of the molecule is C#CCCCC(Cc1ccccc1F)NCCC. The van der Waals surface area contributed by atoms with Crippen LogP contribution in [0.2, 0.25) is 0 Å². The van der Waals surface area contributed by atoms with Crippen molar-refractivity contribution in [3.63, 3.8) is 0 Å². The second-order valence-electron chi connectivity index (χ2n) is 4.54. The molecular formula is C16H22FN. The van der Waals surface area contributed by atoms with E-state index in [1.54, 1.807) is 6.07 Å². The number of hydrogen-bond acceptors (Lipinski definition) is 1. The number of terminal acetylenes is 1. The van der Waals surface area contributed by atoms with Crippen molar-refractivity contribution in [3.8, 4) is 12.3 Å². The fraction of sp³-hybridized carbons (Fsp3) is 0.500. The van der Waals surface area contributed by atoms with Crippen LogP contribution in [0.4, 0.5) is 4.39 Å². The molecule has 0 aromatic heterocycles. The standard InChI is InChI=1S/C16H22FN/c1-3-5-6-10-15(18-12-4-2)13-14-9-7-8-11-16(14)17/h1,7-9,11,15,18H,4-6,10,12-13H2,2H3. The summed E-state index contributed by atoms with van der Waals surface area (Å²) in [6, 6.07) is 7.31. The van der Waals surface area contributed by atoms with Gasteiger partial charge < -0.3 is 5.32 Å². The van der Waals surface area contributed by atoms with Gasteiger partial charge in [-0.25, -0.2) is 4.39 Å². The third-order valence-electron chi connectivity index (χ3n) is 2.98. The molecule has 0 aliphatic heterocycles. The lowest BCUT2D eigenvalue weighted by Crippen LogP contribution is -2.32. The van der Waals surface area contributed by atoms with E-state index in [1.807, 2.05) is 12.1 Å². The summed E-state index contributed by atoms with van der Waals surface area (Å²) in [7, 11) is 0. The smallest absolute Gasteiger partial charge is 0.126 e. The summed E-state index contributed by atoms with van der Waals surface area (Å²) in [6.45, 7) is 3.10. The average Bonchev–Trinajstić information content (AvgIpc) is 2.38. The first-order valence-corrected chi connectivity index (χ1v) is 6.68. The molecule has 1 nitrogen and oxygen atoms in total. The predicted octanol–water partition coefficient (Wildman–Crippen LogP) is 3.54. The van der Waals surface area contributed by atoms with Crippen molar-refractivity contribution in [3.05, 3.63) is 35.6 Å². The van der Waals surface area contributed by atoms with E-state index in [1.165, 1.54) is 6.07 Å². The molecule has 0 spiro atoms. The molecule has 1 rings (SSSR count). The molecule has 0 heterocycles. The van der Waals surface area contributed by atoms with Gasteiger partial charge in [-0.15, -0.1) is 12.3 Å². The summed E-state index contributed by atoms with van der Waals surface area (Å²) in [5, 5.41) is 3.47. The molecule has 0 saturated carbocycles. The monoisotopic (exact) mass is 247 g/mol. The maximum absolute atomic E-state index is 13.6. The van der Waals surface area contributed by atoms with Crippen LogP contribution in [0.3, 0.4) is 0 Å². The minimum atomic E-state index is -0.113. The lowest BCUT2D eigenvalue weighted by atomic mass is 10.0. The molecule has 18 heavy (non-hydrogen) atoms. The van der Waals surface area contributed by atoms with Crippen LogP contribution in [-0.2, 0) is 6.42 Å². The second-order valence-corrected chi connectivity index (χ2v) is 4.54. The highest BCUT2D eigenvalue weighted by Gasteiger charge is 2.10. The van der Waals surface area contributed by atoms with Crippen molar-refractivity contribution < 1.29 is 4.39 Å². The highest BCUT2D eigenvalue weighted by Crippen LogP contribution is 2.12. The van der Waals surface area contributed by atoms with E-state index in [4.69, 9.17) is 6.42 Å². The summed E-state index contributed by atoms with van der Waals surface area (Å²) < 4.78 is 13.6. The maximum atomic E-state index is 13.6. The van der Waals surface area contributed by atoms with Crippen LogP contribution in [0, 0.1) is 18.2 Å². The van der Waals surface area contributed by atoms with Gasteiger partial charge in [-0.05, 0) is 43.9 Å². The largest absolute Gasteiger partial charge is 0.314 e. The van der Waals surface area contributed by atoms with E-state index in [2.05, 4.69) is 18.2 Å². The van der Waals surface area contributed by atoms with Crippen LogP contribution in [0.15, 0.2) is 24.3 Å². The van der Waals surface area contributed by atoms with Gasteiger partial charge in [-0.3, -0.25) is 0 Å². The quantitative estimate of drug-likeness (QED) is 0.547. The maximum Gasteiger partial charge on any atom is 0.126 e. The minimum absolute atomic E-state index is 0.113. The zero-order valence-electron chi connectivity index (χ0n) is 11.1. The fourth-order valence-electron chi connectivity index (χ4n) is 2.00. The van der Waals surface area contributed by atoms with Gasteiger partial charge in [-0.2, -0.15) is 0 Å². The van der Waals surface area contributed by atoms with Gasteiger partial charge in [0, 0.05) is 12.5 Å². The van der Waals surface area contributed by atoms with Gasteiger partial charge in [0.05, 0.1) is 0 Å². The van der Waals surface area contributed by atoms with E-state index in [0.717, 1.165) is 44.2 Å². The number of nitrogens with one attached hydrogen (secondary N) is 1. The van der Waals surface area contributed by atoms with E-state index in [-0.39, 0.29) is 5.82 Å². The number of rotatable bonds is 8. The Hall–Kier alpha value is -1.33. The Morgan fingerprint density at radius 1 is 1.39 bits per heavy atom.